The van der Waals surface area contributed by atoms with Gasteiger partial charge in [0.2, 0.25) is 0 Å². The summed E-state index contributed by atoms with van der Waals surface area (Å²) >= 11 is 0. The van der Waals surface area contributed by atoms with E-state index >= 15 is 0 Å². The van der Waals surface area contributed by atoms with E-state index in [2.05, 4.69) is 75.8 Å². The second kappa shape index (κ2) is 10.2. The van der Waals surface area contributed by atoms with E-state index in [-0.39, 0.29) is 0 Å². The van der Waals surface area contributed by atoms with E-state index in [0.29, 0.717) is 0 Å². The Balaban J connectivity index is 3.81. The molecule has 0 fully saturated rings. The highest BCUT2D eigenvalue weighted by molar-refractivity contribution is 6.78. The zero-order chi connectivity index (χ0) is 15.5. The Hall–Kier alpha value is -0.606. The molecule has 0 aliphatic carbocycles. The Morgan fingerprint density at radius 2 is 0.950 bits per heavy atom. The average molecular weight is 307 g/mol. The van der Waals surface area contributed by atoms with Crippen LogP contribution in [0.2, 0.25) is 50.4 Å². The molecule has 0 saturated carbocycles. The molecule has 0 aliphatic rings. The van der Waals surface area contributed by atoms with Gasteiger partial charge in [-0.15, -0.1) is 13.2 Å². The maximum absolute atomic E-state index is 3.86. The minimum absolute atomic E-state index is 1.04. The van der Waals surface area contributed by atoms with Crippen LogP contribution in [0.1, 0.15) is 12.8 Å². The topological polar surface area (TPSA) is 0 Å². The fraction of sp³-hybridized carbons (Fsp3) is 0.556. The first kappa shape index (κ1) is 19.4. The van der Waals surface area contributed by atoms with Gasteiger partial charge < -0.3 is 0 Å². The quantitative estimate of drug-likeness (QED) is 0.227. The predicted molar refractivity (Wildman–Crippen MR) is 102 cm³/mol. The van der Waals surface area contributed by atoms with Crippen molar-refractivity contribution < 1.29 is 0 Å². The highest BCUT2D eigenvalue weighted by Crippen LogP contribution is 2.17. The molecule has 0 saturated heterocycles. The molecule has 0 N–H and O–H groups in total. The summed E-state index contributed by atoms with van der Waals surface area (Å²) in [6, 6.07) is 5.00. The van der Waals surface area contributed by atoms with Crippen molar-refractivity contribution in [1.29, 1.82) is 0 Å². The third kappa shape index (κ3) is 11.2. The first-order valence-corrected chi connectivity index (χ1v) is 14.7. The van der Waals surface area contributed by atoms with Gasteiger partial charge in [0.1, 0.15) is 0 Å². The van der Waals surface area contributed by atoms with Crippen molar-refractivity contribution in [3.05, 3.63) is 49.6 Å². The summed E-state index contributed by atoms with van der Waals surface area (Å²) in [5.41, 5.74) is 0. The van der Waals surface area contributed by atoms with Gasteiger partial charge in [0.15, 0.2) is 0 Å². The fourth-order valence-electron chi connectivity index (χ4n) is 2.18. The Labute approximate surface area is 129 Å². The van der Waals surface area contributed by atoms with Crippen molar-refractivity contribution in [2.75, 3.05) is 0 Å². The van der Waals surface area contributed by atoms with E-state index in [1.165, 1.54) is 37.0 Å². The van der Waals surface area contributed by atoms with Crippen LogP contribution in [0.5, 0.6) is 0 Å². The van der Waals surface area contributed by atoms with Crippen molar-refractivity contribution in [2.24, 2.45) is 0 Å². The molecule has 0 radical (unpaired) electrons. The van der Waals surface area contributed by atoms with Gasteiger partial charge in [-0.25, -0.2) is 0 Å². The largest absolute Gasteiger partial charge is 0.103 e. The molecule has 0 aliphatic heterocycles. The number of rotatable bonds is 11. The lowest BCUT2D eigenvalue weighted by Gasteiger charge is -2.17. The zero-order valence-corrected chi connectivity index (χ0v) is 16.1. The summed E-state index contributed by atoms with van der Waals surface area (Å²) in [7, 11) is -2.08. The smallest absolute Gasteiger partial charge is 0.0548 e. The van der Waals surface area contributed by atoms with Gasteiger partial charge in [0, 0.05) is 0 Å². The molecule has 0 atom stereocenters. The maximum Gasteiger partial charge on any atom is 0.0548 e. The van der Waals surface area contributed by atoms with E-state index in [4.69, 9.17) is 0 Å². The normalized spacial score (nSPS) is 13.2. The third-order valence-corrected chi connectivity index (χ3v) is 9.04. The Morgan fingerprint density at radius 3 is 1.25 bits per heavy atom. The first-order chi connectivity index (χ1) is 9.33. The Kier molecular flexibility index (Phi) is 9.86. The number of hydrogen-bond donors (Lipinski definition) is 0. The lowest BCUT2D eigenvalue weighted by atomic mass is 10.3. The summed E-state index contributed by atoms with van der Waals surface area (Å²) in [5.74, 6) is 0. The Bertz CT molecular complexity index is 301. The molecule has 0 bridgehead atoms. The van der Waals surface area contributed by atoms with E-state index in [1.54, 1.807) is 0 Å². The van der Waals surface area contributed by atoms with Gasteiger partial charge >= 0.3 is 0 Å². The van der Waals surface area contributed by atoms with Crippen LogP contribution < -0.4 is 0 Å². The van der Waals surface area contributed by atoms with Gasteiger partial charge in [-0.3, -0.25) is 0 Å². The van der Waals surface area contributed by atoms with Crippen molar-refractivity contribution in [2.45, 2.75) is 63.2 Å². The molecule has 0 unspecified atom stereocenters. The van der Waals surface area contributed by atoms with Crippen LogP contribution in [0.15, 0.2) is 49.6 Å². The maximum atomic E-state index is 3.86. The first-order valence-electron chi connectivity index (χ1n) is 7.85. The minimum Gasteiger partial charge on any atom is -0.103 e. The van der Waals surface area contributed by atoms with Crippen LogP contribution in [-0.2, 0) is 0 Å². The molecule has 0 nitrogen and oxygen atoms in total. The van der Waals surface area contributed by atoms with Gasteiger partial charge in [-0.2, -0.15) is 0 Å². The average Bonchev–Trinajstić information content (AvgIpc) is 2.32. The highest BCUT2D eigenvalue weighted by Gasteiger charge is 2.16. The zero-order valence-electron chi connectivity index (χ0n) is 14.1. The molecule has 20 heavy (non-hydrogen) atoms. The van der Waals surface area contributed by atoms with Crippen LogP contribution in [0.25, 0.3) is 0 Å². The molecule has 0 amide bonds. The summed E-state index contributed by atoms with van der Waals surface area (Å²) < 4.78 is 0. The number of allylic oxidation sites excluding steroid dienone is 6. The molecule has 2 heteroatoms. The molecule has 0 rings (SSSR count). The molecular weight excluding hydrogens is 272 g/mol. The molecule has 0 aromatic carbocycles. The third-order valence-electron chi connectivity index (χ3n) is 3.57. The molecule has 0 heterocycles. The molecular formula is C18H34Si2. The second-order valence-electron chi connectivity index (χ2n) is 7.24. The van der Waals surface area contributed by atoms with Crippen LogP contribution in [-0.4, -0.2) is 16.1 Å². The summed E-state index contributed by atoms with van der Waals surface area (Å²) in [6.07, 6.45) is 16.0. The van der Waals surface area contributed by atoms with Crippen LogP contribution in [0.3, 0.4) is 0 Å². The minimum atomic E-state index is -1.04. The molecule has 114 valence electrons. The number of hydrogen-bond acceptors (Lipinski definition) is 0. The van der Waals surface area contributed by atoms with Gasteiger partial charge in [-0.05, 0) is 37.0 Å². The summed E-state index contributed by atoms with van der Waals surface area (Å²) in [4.78, 5) is 0. The van der Waals surface area contributed by atoms with Crippen LogP contribution in [0.4, 0.5) is 0 Å². The predicted octanol–water partition coefficient (Wildman–Crippen LogP) is 6.67. The van der Waals surface area contributed by atoms with E-state index in [9.17, 15) is 0 Å². The summed E-state index contributed by atoms with van der Waals surface area (Å²) in [6.45, 7) is 17.5. The highest BCUT2D eigenvalue weighted by atomic mass is 28.3. The molecule has 0 spiro atoms. The summed E-state index contributed by atoms with van der Waals surface area (Å²) in [5, 5.41) is 0. The van der Waals surface area contributed by atoms with Crippen LogP contribution in [0, 0.1) is 0 Å². The monoisotopic (exact) mass is 306 g/mol. The second-order valence-corrected chi connectivity index (χ2v) is 17.5. The molecule has 0 aromatic heterocycles. The Morgan fingerprint density at radius 1 is 0.600 bits per heavy atom. The fourth-order valence-corrected chi connectivity index (χ4v) is 5.69. The lowest BCUT2D eigenvalue weighted by molar-refractivity contribution is 1.04. The molecule has 0 aromatic rings. The SMILES string of the molecule is C=CC[Si](C)(C)CC=CCCC=CC[Si](C)(C)CC=C. The van der Waals surface area contributed by atoms with E-state index in [0.717, 1.165) is 0 Å². The van der Waals surface area contributed by atoms with Gasteiger partial charge in [0.05, 0.1) is 16.1 Å². The van der Waals surface area contributed by atoms with Crippen LogP contribution >= 0.6 is 0 Å². The van der Waals surface area contributed by atoms with Gasteiger partial charge in [-0.1, -0.05) is 62.6 Å². The number of unbranched alkanes of at least 4 members (excludes halogenated alkanes) is 1. The lowest BCUT2D eigenvalue weighted by Crippen LogP contribution is -2.22. The van der Waals surface area contributed by atoms with Crippen molar-refractivity contribution >= 4 is 16.1 Å². The van der Waals surface area contributed by atoms with Crippen molar-refractivity contribution in [3.63, 3.8) is 0 Å². The standard InChI is InChI=1S/C18H34Si2/c1-7-15-19(3,4)17-13-11-9-10-12-14-18-20(5,6)16-8-2/h7-8,11-14H,1-2,9-10,15-18H2,3-6H3. The van der Waals surface area contributed by atoms with Crippen molar-refractivity contribution in [3.8, 4) is 0 Å². The van der Waals surface area contributed by atoms with Gasteiger partial charge in [0.25, 0.3) is 0 Å². The van der Waals surface area contributed by atoms with E-state index < -0.39 is 16.1 Å². The van der Waals surface area contributed by atoms with E-state index in [1.807, 2.05) is 0 Å². The van der Waals surface area contributed by atoms with Crippen molar-refractivity contribution in [1.82, 2.24) is 0 Å².